The van der Waals surface area contributed by atoms with Crippen LogP contribution in [0.1, 0.15) is 43.9 Å². The zero-order valence-electron chi connectivity index (χ0n) is 22.2. The summed E-state index contributed by atoms with van der Waals surface area (Å²) in [7, 11) is 3.73. The molecule has 0 saturated heterocycles. The summed E-state index contributed by atoms with van der Waals surface area (Å²) in [5, 5.41) is 19.0. The Balaban J connectivity index is 1.52. The van der Waals surface area contributed by atoms with Gasteiger partial charge in [-0.1, -0.05) is 6.07 Å². The van der Waals surface area contributed by atoms with Crippen molar-refractivity contribution in [2.75, 3.05) is 62.4 Å². The number of aliphatic carboxylic acids is 1. The van der Waals surface area contributed by atoms with Gasteiger partial charge < -0.3 is 30.9 Å². The fourth-order valence-electron chi connectivity index (χ4n) is 4.29. The van der Waals surface area contributed by atoms with Crippen molar-refractivity contribution in [3.63, 3.8) is 0 Å². The lowest BCUT2D eigenvalue weighted by Gasteiger charge is -2.25. The maximum Gasteiger partial charge on any atom is 0.326 e. The van der Waals surface area contributed by atoms with Crippen LogP contribution in [-0.4, -0.2) is 89.7 Å². The molecule has 3 heterocycles. The van der Waals surface area contributed by atoms with Crippen molar-refractivity contribution in [3.8, 4) is 0 Å². The van der Waals surface area contributed by atoms with Crippen LogP contribution in [0.2, 0.25) is 0 Å². The highest BCUT2D eigenvalue weighted by Crippen LogP contribution is 2.20. The minimum Gasteiger partial charge on any atom is -0.480 e. The highest BCUT2D eigenvalue weighted by molar-refractivity contribution is 5.77. The Morgan fingerprint density at radius 3 is 2.76 bits per heavy atom. The van der Waals surface area contributed by atoms with E-state index < -0.39 is 12.0 Å². The zero-order chi connectivity index (χ0) is 26.6. The quantitative estimate of drug-likeness (QED) is 0.262. The van der Waals surface area contributed by atoms with E-state index in [2.05, 4.69) is 43.0 Å². The van der Waals surface area contributed by atoms with E-state index in [1.165, 1.54) is 18.8 Å². The lowest BCUT2D eigenvalue weighted by molar-refractivity contribution is -0.138. The summed E-state index contributed by atoms with van der Waals surface area (Å²) < 4.78 is 0. The van der Waals surface area contributed by atoms with Crippen molar-refractivity contribution in [2.24, 2.45) is 0 Å². The van der Waals surface area contributed by atoms with E-state index in [4.69, 9.17) is 4.98 Å². The molecule has 3 rings (SSSR count). The van der Waals surface area contributed by atoms with Crippen LogP contribution in [0.25, 0.3) is 0 Å². The number of pyridine rings is 1. The Morgan fingerprint density at radius 2 is 2.00 bits per heavy atom. The second kappa shape index (κ2) is 14.3. The summed E-state index contributed by atoms with van der Waals surface area (Å²) in [6.07, 6.45) is 6.89. The molecule has 2 aromatic rings. The van der Waals surface area contributed by atoms with Gasteiger partial charge in [-0.25, -0.2) is 19.7 Å². The fourth-order valence-corrected chi connectivity index (χ4v) is 4.29. The molecule has 2 aromatic heterocycles. The summed E-state index contributed by atoms with van der Waals surface area (Å²) in [5.74, 6) is 1.19. The van der Waals surface area contributed by atoms with E-state index in [9.17, 15) is 14.7 Å². The molecular formula is C26H40N8O3. The van der Waals surface area contributed by atoms with Crippen molar-refractivity contribution < 1.29 is 14.7 Å². The molecule has 0 unspecified atom stereocenters. The third kappa shape index (κ3) is 9.49. The van der Waals surface area contributed by atoms with Crippen LogP contribution in [0.3, 0.4) is 0 Å². The number of fused-ring (bicyclic) bond motifs is 1. The number of carboxylic acids is 1. The molecule has 0 aliphatic carbocycles. The molecule has 11 heteroatoms. The first-order valence-electron chi connectivity index (χ1n) is 13.0. The van der Waals surface area contributed by atoms with Gasteiger partial charge in [0.25, 0.3) is 0 Å². The second-order valence-corrected chi connectivity index (χ2v) is 9.60. The predicted octanol–water partition coefficient (Wildman–Crippen LogP) is 2.01. The van der Waals surface area contributed by atoms with Crippen molar-refractivity contribution in [1.29, 1.82) is 0 Å². The van der Waals surface area contributed by atoms with E-state index in [0.29, 0.717) is 37.7 Å². The van der Waals surface area contributed by atoms with Gasteiger partial charge >= 0.3 is 5.97 Å². The molecule has 0 saturated carbocycles. The normalized spacial score (nSPS) is 13.4. The first-order chi connectivity index (χ1) is 17.8. The monoisotopic (exact) mass is 512 g/mol. The largest absolute Gasteiger partial charge is 0.480 e. The summed E-state index contributed by atoms with van der Waals surface area (Å²) in [5.41, 5.74) is 2.38. The number of nitrogens with zero attached hydrogens (tertiary/aromatic N) is 5. The summed E-state index contributed by atoms with van der Waals surface area (Å²) >= 11 is 0. The topological polar surface area (TPSA) is 136 Å². The number of carboxylic acid groups (broad SMARTS) is 1. The molecule has 0 aromatic carbocycles. The molecule has 0 fully saturated rings. The fraction of sp³-hybridized carbons (Fsp3) is 0.577. The molecule has 1 atom stereocenters. The number of unbranched alkanes of at least 4 members (excludes halogenated alkanes) is 1. The second-order valence-electron chi connectivity index (χ2n) is 9.60. The zero-order valence-corrected chi connectivity index (χ0v) is 22.2. The lowest BCUT2D eigenvalue weighted by Crippen LogP contribution is -2.39. The Hall–Kier alpha value is -3.47. The maximum absolute atomic E-state index is 12.0. The van der Waals surface area contributed by atoms with Gasteiger partial charge in [0.05, 0.1) is 0 Å². The highest BCUT2D eigenvalue weighted by atomic mass is 16.4. The van der Waals surface area contributed by atoms with Crippen LogP contribution >= 0.6 is 0 Å². The van der Waals surface area contributed by atoms with Crippen LogP contribution in [0, 0.1) is 0 Å². The smallest absolute Gasteiger partial charge is 0.326 e. The van der Waals surface area contributed by atoms with E-state index in [0.717, 1.165) is 56.7 Å². The van der Waals surface area contributed by atoms with Gasteiger partial charge in [0.1, 0.15) is 29.8 Å². The van der Waals surface area contributed by atoms with Gasteiger partial charge in [-0.05, 0) is 56.7 Å². The van der Waals surface area contributed by atoms with Crippen LogP contribution in [0.4, 0.5) is 17.5 Å². The molecule has 202 valence electrons. The first-order valence-corrected chi connectivity index (χ1v) is 13.0. The molecule has 0 radical (unpaired) electrons. The Bertz CT molecular complexity index is 1030. The Labute approximate surface area is 219 Å². The van der Waals surface area contributed by atoms with Crippen LogP contribution in [-0.2, 0) is 22.4 Å². The molecule has 1 aliphatic heterocycles. The Kier molecular flexibility index (Phi) is 10.9. The number of anilines is 3. The molecule has 1 amide bonds. The minimum absolute atomic E-state index is 0.0717. The molecule has 4 N–H and O–H groups in total. The number of hydrogen-bond acceptors (Lipinski definition) is 9. The lowest BCUT2D eigenvalue weighted by atomic mass is 10.1. The van der Waals surface area contributed by atoms with Gasteiger partial charge in [0.15, 0.2) is 0 Å². The summed E-state index contributed by atoms with van der Waals surface area (Å²) in [6, 6.07) is 5.25. The molecule has 37 heavy (non-hydrogen) atoms. The number of nitrogens with one attached hydrogen (secondary N) is 3. The maximum atomic E-state index is 12.0. The van der Waals surface area contributed by atoms with Crippen LogP contribution in [0.15, 0.2) is 24.5 Å². The van der Waals surface area contributed by atoms with Gasteiger partial charge in [-0.3, -0.25) is 4.79 Å². The first kappa shape index (κ1) is 28.1. The summed E-state index contributed by atoms with van der Waals surface area (Å²) in [6.45, 7) is 5.05. The van der Waals surface area contributed by atoms with E-state index in [1.807, 2.05) is 19.0 Å². The SMILES string of the molecule is CC(=O)NCCN(CCCCc1ccc2c(n1)NCCC2)CC[C@H](Nc1cc(N(C)C)ncn1)C(=O)O. The van der Waals surface area contributed by atoms with Crippen molar-refractivity contribution in [1.82, 2.24) is 25.2 Å². The summed E-state index contributed by atoms with van der Waals surface area (Å²) in [4.78, 5) is 40.5. The van der Waals surface area contributed by atoms with Crippen molar-refractivity contribution >= 4 is 29.3 Å². The minimum atomic E-state index is -0.932. The van der Waals surface area contributed by atoms with E-state index >= 15 is 0 Å². The van der Waals surface area contributed by atoms with Gasteiger partial charge in [0, 0.05) is 59.0 Å². The van der Waals surface area contributed by atoms with Gasteiger partial charge in [0.2, 0.25) is 5.91 Å². The predicted molar refractivity (Wildman–Crippen MR) is 145 cm³/mol. The molecule has 1 aliphatic rings. The number of hydrogen-bond donors (Lipinski definition) is 4. The highest BCUT2D eigenvalue weighted by Gasteiger charge is 2.20. The molecule has 0 bridgehead atoms. The van der Waals surface area contributed by atoms with Crippen LogP contribution < -0.4 is 20.9 Å². The molecule has 0 spiro atoms. The average Bonchev–Trinajstić information content (AvgIpc) is 2.88. The van der Waals surface area contributed by atoms with E-state index in [1.54, 1.807) is 6.07 Å². The van der Waals surface area contributed by atoms with Gasteiger partial charge in [-0.2, -0.15) is 0 Å². The molecule has 11 nitrogen and oxygen atoms in total. The number of carbonyl (C=O) groups is 2. The number of carbonyl (C=O) groups excluding carboxylic acids is 1. The third-order valence-electron chi connectivity index (χ3n) is 6.38. The average molecular weight is 513 g/mol. The van der Waals surface area contributed by atoms with E-state index in [-0.39, 0.29) is 5.91 Å². The van der Waals surface area contributed by atoms with Crippen LogP contribution in [0.5, 0.6) is 0 Å². The van der Waals surface area contributed by atoms with Crippen molar-refractivity contribution in [2.45, 2.75) is 51.5 Å². The number of rotatable bonds is 15. The third-order valence-corrected chi connectivity index (χ3v) is 6.38. The molecular weight excluding hydrogens is 472 g/mol. The number of amides is 1. The Morgan fingerprint density at radius 1 is 1.16 bits per heavy atom. The van der Waals surface area contributed by atoms with Gasteiger partial charge in [-0.15, -0.1) is 0 Å². The number of aryl methyl sites for hydroxylation is 2. The van der Waals surface area contributed by atoms with Crippen molar-refractivity contribution in [3.05, 3.63) is 35.8 Å². The number of aromatic nitrogens is 3. The standard InChI is InChI=1S/C26H40N8O3/c1-19(35)27-13-16-34(14-5-4-8-21-10-9-20-7-6-12-28-25(20)31-21)15-11-22(26(36)37)32-23-17-24(33(2)3)30-18-29-23/h9-10,17-18,22H,4-8,11-16H2,1-3H3,(H,27,35)(H,28,31)(H,36,37)(H,29,30,32)/t22-/m0/s1.